The molecular formula is C16H14F3N3O2S. The highest BCUT2D eigenvalue weighted by molar-refractivity contribution is 7.21. The number of pyridine rings is 1. The number of hydrogen-bond donors (Lipinski definition) is 2. The SMILES string of the molecule is Cc1cc(C(F)(F)F)c2c(N)c(C(=O)NCCc3ccco3)sc2n1. The number of carbonyl (C=O) groups excluding carboxylic acids is 1. The van der Waals surface area contributed by atoms with E-state index in [1.54, 1.807) is 12.1 Å². The molecule has 0 aromatic carbocycles. The number of aromatic nitrogens is 1. The lowest BCUT2D eigenvalue weighted by Gasteiger charge is -2.09. The molecule has 3 heterocycles. The van der Waals surface area contributed by atoms with Gasteiger partial charge in [0.1, 0.15) is 15.5 Å². The van der Waals surface area contributed by atoms with Gasteiger partial charge in [0.25, 0.3) is 5.91 Å². The summed E-state index contributed by atoms with van der Waals surface area (Å²) in [5, 5.41) is 2.41. The minimum absolute atomic E-state index is 0.0260. The van der Waals surface area contributed by atoms with Crippen molar-refractivity contribution in [3.05, 3.63) is 46.4 Å². The largest absolute Gasteiger partial charge is 0.469 e. The number of carbonyl (C=O) groups is 1. The molecule has 25 heavy (non-hydrogen) atoms. The fourth-order valence-corrected chi connectivity index (χ4v) is 3.55. The van der Waals surface area contributed by atoms with Gasteiger partial charge in [-0.05, 0) is 25.1 Å². The Labute approximate surface area is 144 Å². The first-order valence-corrected chi connectivity index (χ1v) is 8.16. The molecule has 0 aliphatic carbocycles. The van der Waals surface area contributed by atoms with Crippen molar-refractivity contribution in [2.75, 3.05) is 12.3 Å². The highest BCUT2D eigenvalue weighted by atomic mass is 32.1. The number of nitrogens with two attached hydrogens (primary N) is 1. The lowest BCUT2D eigenvalue weighted by molar-refractivity contribution is -0.136. The zero-order valence-electron chi connectivity index (χ0n) is 13.1. The third kappa shape index (κ3) is 3.46. The van der Waals surface area contributed by atoms with Crippen molar-refractivity contribution in [2.45, 2.75) is 19.5 Å². The summed E-state index contributed by atoms with van der Waals surface area (Å²) >= 11 is 0.853. The van der Waals surface area contributed by atoms with E-state index < -0.39 is 17.6 Å². The number of alkyl halides is 3. The van der Waals surface area contributed by atoms with Gasteiger partial charge in [-0.1, -0.05) is 0 Å². The number of anilines is 1. The lowest BCUT2D eigenvalue weighted by atomic mass is 10.1. The zero-order chi connectivity index (χ0) is 18.2. The van der Waals surface area contributed by atoms with Gasteiger partial charge in [0.05, 0.1) is 17.5 Å². The van der Waals surface area contributed by atoms with Crippen LogP contribution in [-0.2, 0) is 12.6 Å². The highest BCUT2D eigenvalue weighted by Gasteiger charge is 2.35. The first kappa shape index (κ1) is 17.3. The molecular weight excluding hydrogens is 355 g/mol. The van der Waals surface area contributed by atoms with E-state index in [0.717, 1.165) is 17.4 Å². The number of fused-ring (bicyclic) bond motifs is 1. The molecule has 0 aliphatic heterocycles. The number of amides is 1. The third-order valence-corrected chi connectivity index (χ3v) is 4.67. The Kier molecular flexibility index (Phi) is 4.42. The molecule has 0 saturated carbocycles. The highest BCUT2D eigenvalue weighted by Crippen LogP contribution is 2.42. The first-order valence-electron chi connectivity index (χ1n) is 7.34. The number of hydrogen-bond acceptors (Lipinski definition) is 5. The number of nitrogen functional groups attached to an aromatic ring is 1. The molecule has 1 amide bonds. The van der Waals surface area contributed by atoms with Gasteiger partial charge < -0.3 is 15.5 Å². The van der Waals surface area contributed by atoms with Crippen LogP contribution in [0.2, 0.25) is 0 Å². The van der Waals surface area contributed by atoms with Gasteiger partial charge >= 0.3 is 6.18 Å². The number of rotatable bonds is 4. The molecule has 0 radical (unpaired) electrons. The van der Waals surface area contributed by atoms with Gasteiger partial charge in [-0.2, -0.15) is 13.2 Å². The Morgan fingerprint density at radius 3 is 2.84 bits per heavy atom. The molecule has 3 aromatic heterocycles. The fraction of sp³-hybridized carbons (Fsp3) is 0.250. The molecule has 0 atom stereocenters. The van der Waals surface area contributed by atoms with Crippen LogP contribution in [0, 0.1) is 6.92 Å². The van der Waals surface area contributed by atoms with E-state index in [2.05, 4.69) is 10.3 Å². The van der Waals surface area contributed by atoms with Crippen LogP contribution in [0.5, 0.6) is 0 Å². The van der Waals surface area contributed by atoms with E-state index in [1.165, 1.54) is 13.2 Å². The molecule has 0 bridgehead atoms. The van der Waals surface area contributed by atoms with Crippen LogP contribution >= 0.6 is 11.3 Å². The lowest BCUT2D eigenvalue weighted by Crippen LogP contribution is -2.25. The van der Waals surface area contributed by atoms with Gasteiger partial charge in [-0.25, -0.2) is 4.98 Å². The van der Waals surface area contributed by atoms with E-state index >= 15 is 0 Å². The number of furan rings is 1. The van der Waals surface area contributed by atoms with E-state index in [4.69, 9.17) is 10.2 Å². The predicted octanol–water partition coefficient (Wildman–Crippen LogP) is 3.77. The van der Waals surface area contributed by atoms with Crippen LogP contribution in [-0.4, -0.2) is 17.4 Å². The van der Waals surface area contributed by atoms with Gasteiger partial charge in [0.15, 0.2) is 0 Å². The second-order valence-corrected chi connectivity index (χ2v) is 6.42. The quantitative estimate of drug-likeness (QED) is 0.734. The molecule has 5 nitrogen and oxygen atoms in total. The summed E-state index contributed by atoms with van der Waals surface area (Å²) in [5.74, 6) is 0.166. The van der Waals surface area contributed by atoms with Crippen molar-refractivity contribution in [1.29, 1.82) is 0 Å². The standard InChI is InChI=1S/C16H14F3N3O2S/c1-8-7-10(16(17,18)19)11-12(20)13(25-15(11)22-8)14(23)21-5-4-9-3-2-6-24-9/h2-3,6-7H,4-5,20H2,1H3,(H,21,23). The van der Waals surface area contributed by atoms with Crippen LogP contribution in [0.4, 0.5) is 18.9 Å². The molecule has 0 aliphatic rings. The first-order chi connectivity index (χ1) is 11.8. The molecule has 9 heteroatoms. The summed E-state index contributed by atoms with van der Waals surface area (Å²) < 4.78 is 44.9. The minimum atomic E-state index is -4.58. The van der Waals surface area contributed by atoms with Crippen LogP contribution in [0.3, 0.4) is 0 Å². The zero-order valence-corrected chi connectivity index (χ0v) is 13.9. The van der Waals surface area contributed by atoms with Gasteiger partial charge in [0, 0.05) is 24.0 Å². The average molecular weight is 369 g/mol. The molecule has 3 N–H and O–H groups in total. The second kappa shape index (κ2) is 6.40. The van der Waals surface area contributed by atoms with E-state index in [0.29, 0.717) is 12.2 Å². The number of thiophene rings is 1. The Morgan fingerprint density at radius 1 is 1.44 bits per heavy atom. The minimum Gasteiger partial charge on any atom is -0.469 e. The van der Waals surface area contributed by atoms with Crippen LogP contribution in [0.1, 0.15) is 26.7 Å². The van der Waals surface area contributed by atoms with Crippen molar-refractivity contribution in [1.82, 2.24) is 10.3 Å². The summed E-state index contributed by atoms with van der Waals surface area (Å²) in [4.78, 5) is 16.5. The normalized spacial score (nSPS) is 11.8. The second-order valence-electron chi connectivity index (χ2n) is 5.42. The predicted molar refractivity (Wildman–Crippen MR) is 88.5 cm³/mol. The summed E-state index contributed by atoms with van der Waals surface area (Å²) in [6.45, 7) is 1.74. The molecule has 132 valence electrons. The van der Waals surface area contributed by atoms with Crippen molar-refractivity contribution in [3.63, 3.8) is 0 Å². The Hall–Kier alpha value is -2.55. The number of aryl methyl sites for hydroxylation is 1. The maximum absolute atomic E-state index is 13.3. The summed E-state index contributed by atoms with van der Waals surface area (Å²) in [6.07, 6.45) is -2.59. The van der Waals surface area contributed by atoms with E-state index in [-0.39, 0.29) is 33.0 Å². The van der Waals surface area contributed by atoms with Crippen molar-refractivity contribution in [3.8, 4) is 0 Å². The molecule has 0 spiro atoms. The van der Waals surface area contributed by atoms with Gasteiger partial charge in [-0.3, -0.25) is 4.79 Å². The number of halogens is 3. The smallest absolute Gasteiger partial charge is 0.417 e. The molecule has 0 fully saturated rings. The van der Waals surface area contributed by atoms with Crippen molar-refractivity contribution < 1.29 is 22.4 Å². The summed E-state index contributed by atoms with van der Waals surface area (Å²) in [5.41, 5.74) is 4.98. The Bertz CT molecular complexity index is 917. The maximum atomic E-state index is 13.3. The monoisotopic (exact) mass is 369 g/mol. The van der Waals surface area contributed by atoms with E-state index in [1.807, 2.05) is 0 Å². The number of nitrogens with one attached hydrogen (secondary N) is 1. The Balaban J connectivity index is 1.89. The van der Waals surface area contributed by atoms with Gasteiger partial charge in [0.2, 0.25) is 0 Å². The third-order valence-electron chi connectivity index (χ3n) is 3.58. The maximum Gasteiger partial charge on any atom is 0.417 e. The van der Waals surface area contributed by atoms with Gasteiger partial charge in [-0.15, -0.1) is 11.3 Å². The molecule has 0 saturated heterocycles. The fourth-order valence-electron chi connectivity index (χ4n) is 2.47. The Morgan fingerprint density at radius 2 is 2.20 bits per heavy atom. The molecule has 0 unspecified atom stereocenters. The molecule has 3 aromatic rings. The summed E-state index contributed by atoms with van der Waals surface area (Å²) in [7, 11) is 0. The topological polar surface area (TPSA) is 81.2 Å². The van der Waals surface area contributed by atoms with Crippen LogP contribution in [0.15, 0.2) is 28.9 Å². The summed E-state index contributed by atoms with van der Waals surface area (Å²) in [6, 6.07) is 4.43. The average Bonchev–Trinajstić information content (AvgIpc) is 3.14. The molecule has 3 rings (SSSR count). The van der Waals surface area contributed by atoms with Crippen molar-refractivity contribution >= 4 is 33.1 Å². The van der Waals surface area contributed by atoms with Crippen molar-refractivity contribution in [2.24, 2.45) is 0 Å². The number of nitrogens with zero attached hydrogens (tertiary/aromatic N) is 1. The van der Waals surface area contributed by atoms with E-state index in [9.17, 15) is 18.0 Å². The van der Waals surface area contributed by atoms with Crippen LogP contribution in [0.25, 0.3) is 10.2 Å². The van der Waals surface area contributed by atoms with Crippen LogP contribution < -0.4 is 11.1 Å².